The van der Waals surface area contributed by atoms with Crippen LogP contribution in [0.3, 0.4) is 0 Å². The van der Waals surface area contributed by atoms with Gasteiger partial charge in [-0.05, 0) is 36.5 Å². The molecule has 39 heavy (non-hydrogen) atoms. The number of carbonyl (C=O) groups is 2. The summed E-state index contributed by atoms with van der Waals surface area (Å²) in [5.74, 6) is -2.15. The number of benzene rings is 1. The molecule has 1 aromatic carbocycles. The molecule has 0 aliphatic carbocycles. The molecule has 0 unspecified atom stereocenters. The first-order valence-electron chi connectivity index (χ1n) is 11.5. The summed E-state index contributed by atoms with van der Waals surface area (Å²) < 4.78 is 74.4. The molecule has 5 rings (SSSR count). The number of aryl methyl sites for hydroxylation is 1. The number of likely N-dealkylation sites (tertiary alicyclic amines) is 2. The van der Waals surface area contributed by atoms with E-state index < -0.39 is 24.3 Å². The van der Waals surface area contributed by atoms with E-state index in [0.717, 1.165) is 36.4 Å². The van der Waals surface area contributed by atoms with Gasteiger partial charge in [-0.25, -0.2) is 14.6 Å². The minimum Gasteiger partial charge on any atom is -0.475 e. The van der Waals surface area contributed by atoms with Crippen LogP contribution in [0.15, 0.2) is 23.6 Å². The maximum atomic E-state index is 10.6. The highest BCUT2D eigenvalue weighted by molar-refractivity contribution is 7.09. The van der Waals surface area contributed by atoms with Gasteiger partial charge in [0.15, 0.2) is 11.5 Å². The molecule has 2 aromatic rings. The van der Waals surface area contributed by atoms with Crippen LogP contribution < -0.4 is 9.47 Å². The normalized spacial score (nSPS) is 20.5. The van der Waals surface area contributed by atoms with Crippen molar-refractivity contribution in [2.24, 2.45) is 11.8 Å². The number of carboxylic acids is 2. The first-order chi connectivity index (χ1) is 18.1. The van der Waals surface area contributed by atoms with E-state index in [1.54, 1.807) is 11.3 Å². The van der Waals surface area contributed by atoms with Crippen LogP contribution in [-0.2, 0) is 22.7 Å². The summed E-state index contributed by atoms with van der Waals surface area (Å²) in [5, 5.41) is 17.6. The molecule has 0 bridgehead atoms. The van der Waals surface area contributed by atoms with E-state index in [2.05, 4.69) is 39.2 Å². The number of rotatable bonds is 4. The highest BCUT2D eigenvalue weighted by Gasteiger charge is 2.40. The van der Waals surface area contributed by atoms with Crippen molar-refractivity contribution in [3.63, 3.8) is 0 Å². The van der Waals surface area contributed by atoms with Gasteiger partial charge in [-0.1, -0.05) is 6.07 Å². The molecule has 16 heteroatoms. The van der Waals surface area contributed by atoms with Crippen LogP contribution in [0, 0.1) is 18.8 Å². The summed E-state index contributed by atoms with van der Waals surface area (Å²) >= 11 is 1.75. The van der Waals surface area contributed by atoms with Crippen LogP contribution in [0.2, 0.25) is 0 Å². The van der Waals surface area contributed by atoms with Gasteiger partial charge in [-0.15, -0.1) is 11.3 Å². The topological polar surface area (TPSA) is 112 Å². The lowest BCUT2D eigenvalue weighted by molar-refractivity contribution is -0.193. The van der Waals surface area contributed by atoms with Gasteiger partial charge in [0.1, 0.15) is 0 Å². The van der Waals surface area contributed by atoms with Gasteiger partial charge in [-0.3, -0.25) is 9.80 Å². The number of carboxylic acid groups (broad SMARTS) is 2. The molecular weight excluding hydrogens is 560 g/mol. The number of aliphatic carboxylic acids is 2. The van der Waals surface area contributed by atoms with Crippen LogP contribution in [0.4, 0.5) is 26.3 Å². The highest BCUT2D eigenvalue weighted by Crippen LogP contribution is 2.35. The lowest BCUT2D eigenvalue weighted by Gasteiger charge is -2.21. The Balaban J connectivity index is 0.000000251. The first-order valence-corrected chi connectivity index (χ1v) is 12.3. The van der Waals surface area contributed by atoms with Crippen molar-refractivity contribution in [2.75, 3.05) is 33.0 Å². The van der Waals surface area contributed by atoms with Crippen LogP contribution in [0.5, 0.6) is 11.5 Å². The van der Waals surface area contributed by atoms with Gasteiger partial charge in [0.25, 0.3) is 0 Å². The molecule has 0 saturated carbocycles. The first kappa shape index (κ1) is 30.4. The van der Waals surface area contributed by atoms with Gasteiger partial charge < -0.3 is 19.7 Å². The molecule has 0 spiro atoms. The van der Waals surface area contributed by atoms with Crippen molar-refractivity contribution >= 4 is 23.3 Å². The van der Waals surface area contributed by atoms with Gasteiger partial charge in [-0.2, -0.15) is 26.3 Å². The lowest BCUT2D eigenvalue weighted by atomic mass is 10.0. The third-order valence-electron chi connectivity index (χ3n) is 6.02. The van der Waals surface area contributed by atoms with Gasteiger partial charge in [0.2, 0.25) is 6.79 Å². The Kier molecular flexibility index (Phi) is 9.66. The van der Waals surface area contributed by atoms with Crippen molar-refractivity contribution in [3.8, 4) is 11.5 Å². The number of alkyl halides is 6. The van der Waals surface area contributed by atoms with E-state index in [9.17, 15) is 26.3 Å². The minimum absolute atomic E-state index is 0.348. The average molecular weight is 586 g/mol. The zero-order chi connectivity index (χ0) is 29.0. The molecule has 1 aromatic heterocycles. The Morgan fingerprint density at radius 3 is 1.87 bits per heavy atom. The van der Waals surface area contributed by atoms with Crippen molar-refractivity contribution < 1.29 is 55.6 Å². The molecule has 216 valence electrons. The van der Waals surface area contributed by atoms with E-state index in [1.165, 1.54) is 42.4 Å². The number of hydrogen-bond donors (Lipinski definition) is 2. The smallest absolute Gasteiger partial charge is 0.475 e. The summed E-state index contributed by atoms with van der Waals surface area (Å²) in [7, 11) is 0. The number of nitrogens with zero attached hydrogens (tertiary/aromatic N) is 3. The molecular formula is C23H25F6N3O6S. The molecule has 2 atom stereocenters. The SMILES string of the molecule is Cc1nc(CN2C[C@H]3CN(Cc4ccc5c(c4)OCO5)C[C@H]3C2)cs1.O=C(O)C(F)(F)F.O=C(O)C(F)(F)F. The second-order valence-corrected chi connectivity index (χ2v) is 10.1. The van der Waals surface area contributed by atoms with Crippen LogP contribution in [-0.4, -0.2) is 82.3 Å². The zero-order valence-corrected chi connectivity index (χ0v) is 21.3. The Morgan fingerprint density at radius 1 is 0.923 bits per heavy atom. The standard InChI is InChI=1S/C19H23N3O2S.2C2HF3O2/c1-13-20-17(11-25-13)10-22-8-15-6-21(7-16(15)9-22)5-14-2-3-18-19(4-14)24-12-23-18;2*3-2(4,5)1(6)7/h2-4,11,15-16H,5-10,12H2,1H3;2*(H,6,7)/t15-,16+;;. The summed E-state index contributed by atoms with van der Waals surface area (Å²) in [4.78, 5) is 27.6. The van der Waals surface area contributed by atoms with Crippen LogP contribution >= 0.6 is 11.3 Å². The fraction of sp³-hybridized carbons (Fsp3) is 0.522. The Bertz CT molecular complexity index is 1120. The quantitative estimate of drug-likeness (QED) is 0.514. The number of thiazole rings is 1. The van der Waals surface area contributed by atoms with Gasteiger partial charge >= 0.3 is 24.3 Å². The molecule has 0 amide bonds. The van der Waals surface area contributed by atoms with Crippen molar-refractivity contribution in [1.29, 1.82) is 0 Å². The number of halogens is 6. The second-order valence-electron chi connectivity index (χ2n) is 9.06. The fourth-order valence-corrected chi connectivity index (χ4v) is 5.06. The van der Waals surface area contributed by atoms with E-state index >= 15 is 0 Å². The van der Waals surface area contributed by atoms with Crippen molar-refractivity contribution in [2.45, 2.75) is 32.4 Å². The summed E-state index contributed by atoms with van der Waals surface area (Å²) in [6.07, 6.45) is -10.2. The largest absolute Gasteiger partial charge is 0.490 e. The molecule has 4 heterocycles. The predicted molar refractivity (Wildman–Crippen MR) is 124 cm³/mol. The number of aromatic nitrogens is 1. The van der Waals surface area contributed by atoms with Crippen molar-refractivity contribution in [1.82, 2.24) is 14.8 Å². The van der Waals surface area contributed by atoms with E-state index in [-0.39, 0.29) is 0 Å². The lowest BCUT2D eigenvalue weighted by Crippen LogP contribution is -2.28. The van der Waals surface area contributed by atoms with E-state index in [1.807, 2.05) is 6.07 Å². The Labute approximate surface area is 222 Å². The molecule has 2 saturated heterocycles. The molecule has 2 fully saturated rings. The number of ether oxygens (including phenoxy) is 2. The third-order valence-corrected chi connectivity index (χ3v) is 6.84. The maximum Gasteiger partial charge on any atom is 0.490 e. The van der Waals surface area contributed by atoms with Crippen molar-refractivity contribution in [3.05, 3.63) is 39.8 Å². The second kappa shape index (κ2) is 12.4. The maximum absolute atomic E-state index is 10.6. The predicted octanol–water partition coefficient (Wildman–Crippen LogP) is 4.01. The third kappa shape index (κ3) is 8.96. The molecule has 3 aliphatic heterocycles. The highest BCUT2D eigenvalue weighted by atomic mass is 32.1. The minimum atomic E-state index is -5.08. The van der Waals surface area contributed by atoms with Crippen LogP contribution in [0.25, 0.3) is 0 Å². The van der Waals surface area contributed by atoms with E-state index in [0.29, 0.717) is 6.79 Å². The molecule has 9 nitrogen and oxygen atoms in total. The zero-order valence-electron chi connectivity index (χ0n) is 20.5. The fourth-order valence-electron chi connectivity index (χ4n) is 4.45. The van der Waals surface area contributed by atoms with E-state index in [4.69, 9.17) is 29.3 Å². The monoisotopic (exact) mass is 585 g/mol. The Morgan fingerprint density at radius 2 is 1.41 bits per heavy atom. The van der Waals surface area contributed by atoms with Gasteiger partial charge in [0.05, 0.1) is 10.7 Å². The number of hydrogen-bond acceptors (Lipinski definition) is 8. The summed E-state index contributed by atoms with van der Waals surface area (Å²) in [5.41, 5.74) is 2.55. The van der Waals surface area contributed by atoms with Crippen LogP contribution in [0.1, 0.15) is 16.3 Å². The molecule has 3 aliphatic rings. The summed E-state index contributed by atoms with van der Waals surface area (Å²) in [6, 6.07) is 6.33. The average Bonchev–Trinajstić information content (AvgIpc) is 3.58. The molecule has 0 radical (unpaired) electrons. The molecule has 2 N–H and O–H groups in total. The van der Waals surface area contributed by atoms with Gasteiger partial charge in [0, 0.05) is 44.6 Å². The number of fused-ring (bicyclic) bond motifs is 2. The Hall–Kier alpha value is -3.11. The summed E-state index contributed by atoms with van der Waals surface area (Å²) in [6.45, 7) is 9.27.